The predicted octanol–water partition coefficient (Wildman–Crippen LogP) is 5.40. The SMILES string of the molecule is CN(Sc1ccc(CO)cc1)c1ccc2c(c1)nc(C(C)(C)C)n2CC1CCOCC1. The highest BCUT2D eigenvalue weighted by Gasteiger charge is 2.25. The van der Waals surface area contributed by atoms with Gasteiger partial charge in [-0.25, -0.2) is 4.98 Å². The lowest BCUT2D eigenvalue weighted by molar-refractivity contribution is 0.0611. The first kappa shape index (κ1) is 22.2. The summed E-state index contributed by atoms with van der Waals surface area (Å²) in [6.45, 7) is 9.55. The first-order valence-electron chi connectivity index (χ1n) is 11.0. The molecule has 1 aliphatic rings. The highest BCUT2D eigenvalue weighted by atomic mass is 32.2. The van der Waals surface area contributed by atoms with Crippen LogP contribution in [-0.2, 0) is 23.3 Å². The van der Waals surface area contributed by atoms with Gasteiger partial charge in [0.1, 0.15) is 5.82 Å². The molecule has 0 spiro atoms. The van der Waals surface area contributed by atoms with Crippen molar-refractivity contribution in [1.29, 1.82) is 0 Å². The molecule has 2 aromatic carbocycles. The Kier molecular flexibility index (Phi) is 6.60. The summed E-state index contributed by atoms with van der Waals surface area (Å²) in [5, 5.41) is 9.24. The molecular formula is C25H33N3O2S. The summed E-state index contributed by atoms with van der Waals surface area (Å²) in [4.78, 5) is 6.23. The van der Waals surface area contributed by atoms with Crippen LogP contribution in [0.5, 0.6) is 0 Å². The van der Waals surface area contributed by atoms with E-state index in [2.05, 4.69) is 54.9 Å². The molecule has 0 aliphatic carbocycles. The lowest BCUT2D eigenvalue weighted by Crippen LogP contribution is -2.25. The van der Waals surface area contributed by atoms with Crippen LogP contribution in [0.1, 0.15) is 45.0 Å². The number of rotatable bonds is 6. The highest BCUT2D eigenvalue weighted by Crippen LogP contribution is 2.33. The van der Waals surface area contributed by atoms with E-state index in [4.69, 9.17) is 9.72 Å². The predicted molar refractivity (Wildman–Crippen MR) is 129 cm³/mol. The highest BCUT2D eigenvalue weighted by molar-refractivity contribution is 8.00. The van der Waals surface area contributed by atoms with Crippen LogP contribution in [0, 0.1) is 5.92 Å². The number of benzene rings is 2. The number of fused-ring (bicyclic) bond motifs is 1. The number of ether oxygens (including phenoxy) is 1. The molecule has 2 heterocycles. The molecular weight excluding hydrogens is 406 g/mol. The van der Waals surface area contributed by atoms with Gasteiger partial charge in [-0.05, 0) is 66.6 Å². The quantitative estimate of drug-likeness (QED) is 0.522. The number of nitrogens with zero attached hydrogens (tertiary/aromatic N) is 3. The van der Waals surface area contributed by atoms with Gasteiger partial charge in [-0.1, -0.05) is 32.9 Å². The maximum Gasteiger partial charge on any atom is 0.115 e. The van der Waals surface area contributed by atoms with Crippen molar-refractivity contribution in [3.8, 4) is 0 Å². The molecule has 0 atom stereocenters. The van der Waals surface area contributed by atoms with Gasteiger partial charge in [-0.3, -0.25) is 0 Å². The molecule has 1 N–H and O–H groups in total. The molecule has 1 saturated heterocycles. The van der Waals surface area contributed by atoms with Crippen molar-refractivity contribution in [3.05, 3.63) is 53.9 Å². The number of hydrogen-bond donors (Lipinski definition) is 1. The zero-order valence-corrected chi connectivity index (χ0v) is 19.8. The third-order valence-electron chi connectivity index (χ3n) is 5.90. The second kappa shape index (κ2) is 9.23. The summed E-state index contributed by atoms with van der Waals surface area (Å²) in [5.41, 5.74) is 4.31. The summed E-state index contributed by atoms with van der Waals surface area (Å²) in [7, 11) is 2.08. The number of anilines is 1. The minimum Gasteiger partial charge on any atom is -0.392 e. The van der Waals surface area contributed by atoms with E-state index >= 15 is 0 Å². The van der Waals surface area contributed by atoms with E-state index in [1.54, 1.807) is 11.9 Å². The maximum atomic E-state index is 9.24. The van der Waals surface area contributed by atoms with Gasteiger partial charge in [0.2, 0.25) is 0 Å². The smallest absolute Gasteiger partial charge is 0.115 e. The molecule has 0 bridgehead atoms. The lowest BCUT2D eigenvalue weighted by atomic mass is 9.94. The summed E-state index contributed by atoms with van der Waals surface area (Å²) in [6, 6.07) is 14.6. The van der Waals surface area contributed by atoms with Crippen LogP contribution in [0.2, 0.25) is 0 Å². The topological polar surface area (TPSA) is 50.5 Å². The van der Waals surface area contributed by atoms with E-state index in [0.717, 1.165) is 60.1 Å². The standard InChI is InChI=1S/C25H33N3O2S/c1-25(2,3)24-26-22-15-20(27(4)31-21-8-5-19(17-29)6-9-21)7-10-23(22)28(24)16-18-11-13-30-14-12-18/h5-10,15,18,29H,11-14,16-17H2,1-4H3. The molecule has 4 rings (SSSR count). The second-order valence-corrected chi connectivity index (χ2v) is 10.6. The van der Waals surface area contributed by atoms with Crippen molar-refractivity contribution in [3.63, 3.8) is 0 Å². The van der Waals surface area contributed by atoms with Crippen LogP contribution < -0.4 is 4.31 Å². The maximum absolute atomic E-state index is 9.24. The van der Waals surface area contributed by atoms with Crippen molar-refractivity contribution in [2.75, 3.05) is 24.6 Å². The van der Waals surface area contributed by atoms with Gasteiger partial charge in [0.15, 0.2) is 0 Å². The van der Waals surface area contributed by atoms with E-state index in [0.29, 0.717) is 5.92 Å². The number of aromatic nitrogens is 2. The second-order valence-electron chi connectivity index (χ2n) is 9.42. The Hall–Kier alpha value is -2.02. The fourth-order valence-electron chi connectivity index (χ4n) is 4.13. The third kappa shape index (κ3) is 5.08. The van der Waals surface area contributed by atoms with Gasteiger partial charge in [0.25, 0.3) is 0 Å². The van der Waals surface area contributed by atoms with Crippen molar-refractivity contribution >= 4 is 28.7 Å². The van der Waals surface area contributed by atoms with Crippen molar-refractivity contribution in [2.45, 2.75) is 57.1 Å². The summed E-state index contributed by atoms with van der Waals surface area (Å²) in [5.74, 6) is 1.80. The number of aliphatic hydroxyl groups excluding tert-OH is 1. The van der Waals surface area contributed by atoms with E-state index < -0.39 is 0 Å². The van der Waals surface area contributed by atoms with Crippen molar-refractivity contribution in [1.82, 2.24) is 9.55 Å². The van der Waals surface area contributed by atoms with E-state index in [1.807, 2.05) is 24.3 Å². The van der Waals surface area contributed by atoms with Crippen molar-refractivity contribution < 1.29 is 9.84 Å². The molecule has 1 aliphatic heterocycles. The van der Waals surface area contributed by atoms with Gasteiger partial charge in [0, 0.05) is 42.8 Å². The third-order valence-corrected chi connectivity index (χ3v) is 6.86. The van der Waals surface area contributed by atoms with E-state index in [9.17, 15) is 5.11 Å². The van der Waals surface area contributed by atoms with Crippen LogP contribution in [0.25, 0.3) is 11.0 Å². The zero-order chi connectivity index (χ0) is 22.0. The number of imidazole rings is 1. The molecule has 0 unspecified atom stereocenters. The monoisotopic (exact) mass is 439 g/mol. The van der Waals surface area contributed by atoms with Crippen LogP contribution in [-0.4, -0.2) is 34.9 Å². The largest absolute Gasteiger partial charge is 0.392 e. The Morgan fingerprint density at radius 1 is 1.13 bits per heavy atom. The molecule has 166 valence electrons. The molecule has 1 aromatic heterocycles. The first-order chi connectivity index (χ1) is 14.8. The van der Waals surface area contributed by atoms with Crippen LogP contribution in [0.3, 0.4) is 0 Å². The molecule has 31 heavy (non-hydrogen) atoms. The lowest BCUT2D eigenvalue weighted by Gasteiger charge is -2.26. The minimum atomic E-state index is -0.0144. The van der Waals surface area contributed by atoms with Crippen LogP contribution in [0.15, 0.2) is 47.4 Å². The molecule has 0 amide bonds. The fourth-order valence-corrected chi connectivity index (χ4v) is 4.92. The Bertz CT molecular complexity index is 1020. The normalized spacial score (nSPS) is 15.5. The van der Waals surface area contributed by atoms with E-state index in [1.165, 1.54) is 5.52 Å². The van der Waals surface area contributed by atoms with Gasteiger partial charge < -0.3 is 18.7 Å². The average Bonchev–Trinajstić information content (AvgIpc) is 3.13. The number of aliphatic hydroxyl groups is 1. The Balaban J connectivity index is 1.61. The molecule has 6 heteroatoms. The van der Waals surface area contributed by atoms with Gasteiger partial charge in [-0.2, -0.15) is 0 Å². The first-order valence-corrected chi connectivity index (χ1v) is 11.8. The Morgan fingerprint density at radius 2 is 1.84 bits per heavy atom. The number of hydrogen-bond acceptors (Lipinski definition) is 5. The molecule has 1 fully saturated rings. The Labute approximate surface area is 189 Å². The van der Waals surface area contributed by atoms with Crippen LogP contribution >= 0.6 is 11.9 Å². The molecule has 5 nitrogen and oxygen atoms in total. The zero-order valence-electron chi connectivity index (χ0n) is 19.0. The van der Waals surface area contributed by atoms with Gasteiger partial charge >= 0.3 is 0 Å². The van der Waals surface area contributed by atoms with Crippen LogP contribution in [0.4, 0.5) is 5.69 Å². The summed E-state index contributed by atoms with van der Waals surface area (Å²) in [6.07, 6.45) is 2.24. The van der Waals surface area contributed by atoms with Gasteiger partial charge in [0.05, 0.1) is 17.6 Å². The van der Waals surface area contributed by atoms with E-state index in [-0.39, 0.29) is 12.0 Å². The molecule has 3 aromatic rings. The fraction of sp³-hybridized carbons (Fsp3) is 0.480. The average molecular weight is 440 g/mol. The molecule has 0 saturated carbocycles. The summed E-state index contributed by atoms with van der Waals surface area (Å²) < 4.78 is 10.2. The molecule has 0 radical (unpaired) electrons. The van der Waals surface area contributed by atoms with Gasteiger partial charge in [-0.15, -0.1) is 0 Å². The summed E-state index contributed by atoms with van der Waals surface area (Å²) >= 11 is 1.67. The van der Waals surface area contributed by atoms with Crippen molar-refractivity contribution in [2.24, 2.45) is 5.92 Å². The Morgan fingerprint density at radius 3 is 2.48 bits per heavy atom. The minimum absolute atomic E-state index is 0.0144.